The van der Waals surface area contributed by atoms with Crippen LogP contribution in [0.25, 0.3) is 0 Å². The molecule has 1 atom stereocenters. The van der Waals surface area contributed by atoms with E-state index in [4.69, 9.17) is 4.74 Å². The van der Waals surface area contributed by atoms with Crippen LogP contribution in [0.15, 0.2) is 24.3 Å². The zero-order valence-electron chi connectivity index (χ0n) is 13.9. The maximum Gasteiger partial charge on any atom is 0.319 e. The smallest absolute Gasteiger partial charge is 0.319 e. The quantitative estimate of drug-likeness (QED) is 0.294. The molecule has 0 saturated heterocycles. The van der Waals surface area contributed by atoms with E-state index in [9.17, 15) is 4.79 Å². The van der Waals surface area contributed by atoms with Gasteiger partial charge < -0.3 is 4.74 Å². The molecule has 0 amide bonds. The summed E-state index contributed by atoms with van der Waals surface area (Å²) < 4.78 is 4.71. The minimum atomic E-state index is -0.208. The largest absolute Gasteiger partial charge is 0.468 e. The summed E-state index contributed by atoms with van der Waals surface area (Å²) in [4.78, 5) is 11.1. The molecule has 0 aliphatic rings. The van der Waals surface area contributed by atoms with Crippen molar-refractivity contribution < 1.29 is 9.53 Å². The van der Waals surface area contributed by atoms with Gasteiger partial charge in [0, 0.05) is 0 Å². The number of carbonyl (C=O) groups is 1. The van der Waals surface area contributed by atoms with Crippen molar-refractivity contribution in [2.45, 2.75) is 69.5 Å². The predicted molar refractivity (Wildman–Crippen MR) is 96.6 cm³/mol. The van der Waals surface area contributed by atoms with Gasteiger partial charge in [-0.1, -0.05) is 79.2 Å². The van der Waals surface area contributed by atoms with E-state index < -0.39 is 0 Å². The number of hydrogen-bond acceptors (Lipinski definition) is 2. The maximum atomic E-state index is 11.3. The van der Waals surface area contributed by atoms with Gasteiger partial charge >= 0.3 is 5.97 Å². The SMILES string of the molecule is CCCCCCCCc1ccc(CCC(Br)C(=O)OC)cc1. The lowest BCUT2D eigenvalue weighted by atomic mass is 10.0. The van der Waals surface area contributed by atoms with Gasteiger partial charge in [0.15, 0.2) is 0 Å². The molecule has 0 N–H and O–H groups in total. The molecule has 1 aromatic rings. The first-order chi connectivity index (χ1) is 10.7. The van der Waals surface area contributed by atoms with Gasteiger partial charge in [0.25, 0.3) is 0 Å². The molecular weight excluding hydrogens is 340 g/mol. The molecule has 0 aliphatic carbocycles. The second-order valence-corrected chi connectivity index (χ2v) is 6.97. The number of benzene rings is 1. The highest BCUT2D eigenvalue weighted by Gasteiger charge is 2.14. The highest BCUT2D eigenvalue weighted by atomic mass is 79.9. The Labute approximate surface area is 143 Å². The van der Waals surface area contributed by atoms with E-state index in [1.807, 2.05) is 0 Å². The average molecular weight is 369 g/mol. The number of aryl methyl sites for hydroxylation is 2. The molecule has 0 aromatic heterocycles. The van der Waals surface area contributed by atoms with E-state index in [1.165, 1.54) is 63.2 Å². The highest BCUT2D eigenvalue weighted by molar-refractivity contribution is 9.10. The Morgan fingerprint density at radius 3 is 2.14 bits per heavy atom. The van der Waals surface area contributed by atoms with E-state index in [2.05, 4.69) is 47.1 Å². The third-order valence-corrected chi connectivity index (χ3v) is 4.82. The van der Waals surface area contributed by atoms with Crippen LogP contribution < -0.4 is 0 Å². The number of carbonyl (C=O) groups excluding carboxylic acids is 1. The Hall–Kier alpha value is -0.830. The Kier molecular flexibility index (Phi) is 10.2. The van der Waals surface area contributed by atoms with Gasteiger partial charge in [-0.25, -0.2) is 0 Å². The average Bonchev–Trinajstić information content (AvgIpc) is 2.56. The Balaban J connectivity index is 2.23. The maximum absolute atomic E-state index is 11.3. The first kappa shape index (κ1) is 19.2. The molecule has 1 aromatic carbocycles. The van der Waals surface area contributed by atoms with Crippen LogP contribution in [0.3, 0.4) is 0 Å². The zero-order valence-corrected chi connectivity index (χ0v) is 15.5. The third kappa shape index (κ3) is 7.98. The highest BCUT2D eigenvalue weighted by Crippen LogP contribution is 2.15. The van der Waals surface area contributed by atoms with Gasteiger partial charge in [-0.05, 0) is 36.8 Å². The molecule has 0 aliphatic heterocycles. The monoisotopic (exact) mass is 368 g/mol. The fourth-order valence-corrected chi connectivity index (χ4v) is 2.94. The lowest BCUT2D eigenvalue weighted by Gasteiger charge is -2.08. The number of methoxy groups -OCH3 is 1. The van der Waals surface area contributed by atoms with E-state index >= 15 is 0 Å². The van der Waals surface area contributed by atoms with Crippen LogP contribution in [0.4, 0.5) is 0 Å². The van der Waals surface area contributed by atoms with E-state index in [0.717, 1.165) is 12.8 Å². The van der Waals surface area contributed by atoms with Gasteiger partial charge in [-0.2, -0.15) is 0 Å². The van der Waals surface area contributed by atoms with Crippen LogP contribution in [0.5, 0.6) is 0 Å². The Bertz CT molecular complexity index is 414. The van der Waals surface area contributed by atoms with E-state index in [1.54, 1.807) is 0 Å². The van der Waals surface area contributed by atoms with Crippen LogP contribution in [0.1, 0.15) is 63.0 Å². The summed E-state index contributed by atoms with van der Waals surface area (Å²) >= 11 is 3.36. The Morgan fingerprint density at radius 2 is 1.55 bits per heavy atom. The minimum absolute atomic E-state index is 0.195. The van der Waals surface area contributed by atoms with Gasteiger partial charge in [0.1, 0.15) is 4.83 Å². The number of hydrogen-bond donors (Lipinski definition) is 0. The van der Waals surface area contributed by atoms with E-state index in [-0.39, 0.29) is 10.8 Å². The molecule has 1 unspecified atom stereocenters. The Morgan fingerprint density at radius 1 is 1.00 bits per heavy atom. The fourth-order valence-electron chi connectivity index (χ4n) is 2.52. The van der Waals surface area contributed by atoms with Crippen molar-refractivity contribution in [1.82, 2.24) is 0 Å². The molecule has 0 heterocycles. The first-order valence-electron chi connectivity index (χ1n) is 8.47. The van der Waals surface area contributed by atoms with Crippen molar-refractivity contribution >= 4 is 21.9 Å². The lowest BCUT2D eigenvalue weighted by molar-refractivity contribution is -0.139. The van der Waals surface area contributed by atoms with Gasteiger partial charge in [-0.15, -0.1) is 0 Å². The van der Waals surface area contributed by atoms with Crippen molar-refractivity contribution in [3.8, 4) is 0 Å². The molecule has 0 radical (unpaired) electrons. The number of esters is 1. The van der Waals surface area contributed by atoms with Gasteiger partial charge in [-0.3, -0.25) is 4.79 Å². The molecule has 3 heteroatoms. The molecule has 1 rings (SSSR count). The molecular formula is C19H29BrO2. The number of halogens is 1. The predicted octanol–water partition coefficient (Wildman–Crippen LogP) is 5.46. The molecule has 2 nitrogen and oxygen atoms in total. The number of rotatable bonds is 11. The number of ether oxygens (including phenoxy) is 1. The fraction of sp³-hybridized carbons (Fsp3) is 0.632. The minimum Gasteiger partial charge on any atom is -0.468 e. The van der Waals surface area contributed by atoms with Crippen LogP contribution in [0, 0.1) is 0 Å². The molecule has 124 valence electrons. The molecule has 0 spiro atoms. The molecule has 0 bridgehead atoms. The molecule has 22 heavy (non-hydrogen) atoms. The second-order valence-electron chi connectivity index (χ2n) is 5.86. The van der Waals surface area contributed by atoms with Crippen LogP contribution in [-0.4, -0.2) is 17.9 Å². The summed E-state index contributed by atoms with van der Waals surface area (Å²) in [5, 5.41) is 0. The first-order valence-corrected chi connectivity index (χ1v) is 9.38. The summed E-state index contributed by atoms with van der Waals surface area (Å²) in [5.74, 6) is -0.195. The van der Waals surface area contributed by atoms with Crippen molar-refractivity contribution in [2.24, 2.45) is 0 Å². The summed E-state index contributed by atoms with van der Waals surface area (Å²) in [6, 6.07) is 8.82. The van der Waals surface area contributed by atoms with Crippen LogP contribution >= 0.6 is 15.9 Å². The van der Waals surface area contributed by atoms with Crippen molar-refractivity contribution in [3.05, 3.63) is 35.4 Å². The lowest BCUT2D eigenvalue weighted by Crippen LogP contribution is -2.16. The zero-order chi connectivity index (χ0) is 16.2. The van der Waals surface area contributed by atoms with E-state index in [0.29, 0.717) is 0 Å². The van der Waals surface area contributed by atoms with Gasteiger partial charge in [0.2, 0.25) is 0 Å². The number of alkyl halides is 1. The summed E-state index contributed by atoms with van der Waals surface area (Å²) in [5.41, 5.74) is 2.70. The van der Waals surface area contributed by atoms with Crippen molar-refractivity contribution in [1.29, 1.82) is 0 Å². The molecule has 0 fully saturated rings. The number of unbranched alkanes of at least 4 members (excludes halogenated alkanes) is 5. The third-order valence-electron chi connectivity index (χ3n) is 3.99. The molecule has 0 saturated carbocycles. The van der Waals surface area contributed by atoms with Crippen LogP contribution in [0.2, 0.25) is 0 Å². The van der Waals surface area contributed by atoms with Gasteiger partial charge in [0.05, 0.1) is 7.11 Å². The van der Waals surface area contributed by atoms with Crippen LogP contribution in [-0.2, 0) is 22.4 Å². The summed E-state index contributed by atoms with van der Waals surface area (Å²) in [6.45, 7) is 2.25. The standard InChI is InChI=1S/C19H29BrO2/c1-3-4-5-6-7-8-9-16-10-12-17(13-11-16)14-15-18(20)19(21)22-2/h10-13,18H,3-9,14-15H2,1-2H3. The topological polar surface area (TPSA) is 26.3 Å². The van der Waals surface area contributed by atoms with Crippen molar-refractivity contribution in [2.75, 3.05) is 7.11 Å². The second kappa shape index (κ2) is 11.7. The summed E-state index contributed by atoms with van der Waals surface area (Å²) in [6.07, 6.45) is 10.9. The van der Waals surface area contributed by atoms with Crippen molar-refractivity contribution in [3.63, 3.8) is 0 Å². The normalized spacial score (nSPS) is 12.1. The summed E-state index contributed by atoms with van der Waals surface area (Å²) in [7, 11) is 1.42.